The Morgan fingerprint density at radius 2 is 1.84 bits per heavy atom. The van der Waals surface area contributed by atoms with Gasteiger partial charge in [-0.05, 0) is 29.8 Å². The molecule has 2 aromatic rings. The van der Waals surface area contributed by atoms with Crippen LogP contribution in [0.3, 0.4) is 0 Å². The van der Waals surface area contributed by atoms with Crippen molar-refractivity contribution in [2.75, 3.05) is 7.11 Å². The van der Waals surface area contributed by atoms with Gasteiger partial charge in [-0.2, -0.15) is 0 Å². The van der Waals surface area contributed by atoms with Gasteiger partial charge in [0.2, 0.25) is 0 Å². The molecule has 1 aliphatic rings. The van der Waals surface area contributed by atoms with Crippen molar-refractivity contribution >= 4 is 6.08 Å². The molecule has 0 fully saturated rings. The van der Waals surface area contributed by atoms with Crippen molar-refractivity contribution in [3.8, 4) is 11.5 Å². The van der Waals surface area contributed by atoms with E-state index in [1.807, 2.05) is 54.6 Å². The first-order valence-electron chi connectivity index (χ1n) is 6.08. The van der Waals surface area contributed by atoms with Gasteiger partial charge >= 0.3 is 0 Å². The van der Waals surface area contributed by atoms with Gasteiger partial charge in [-0.3, -0.25) is 0 Å². The van der Waals surface area contributed by atoms with Gasteiger partial charge in [-0.25, -0.2) is 0 Å². The molecular weight excluding hydrogens is 240 g/mol. The molecule has 19 heavy (non-hydrogen) atoms. The second-order valence-corrected chi connectivity index (χ2v) is 4.36. The van der Waals surface area contributed by atoms with Gasteiger partial charge in [0.05, 0.1) is 7.11 Å². The third kappa shape index (κ3) is 2.20. The topological polar surface area (TPSA) is 38.7 Å². The Morgan fingerprint density at radius 3 is 2.53 bits per heavy atom. The minimum Gasteiger partial charge on any atom is -0.497 e. The predicted molar refractivity (Wildman–Crippen MR) is 73.0 cm³/mol. The Morgan fingerprint density at radius 1 is 1.11 bits per heavy atom. The summed E-state index contributed by atoms with van der Waals surface area (Å²) in [7, 11) is 1.63. The average molecular weight is 254 g/mol. The maximum Gasteiger partial charge on any atom is 0.140 e. The van der Waals surface area contributed by atoms with E-state index in [0.717, 1.165) is 22.6 Å². The highest BCUT2D eigenvalue weighted by Gasteiger charge is 2.26. The molecule has 0 amide bonds. The lowest BCUT2D eigenvalue weighted by molar-refractivity contribution is 0.193. The highest BCUT2D eigenvalue weighted by atomic mass is 16.5. The first-order valence-corrected chi connectivity index (χ1v) is 6.08. The van der Waals surface area contributed by atoms with Crippen LogP contribution < -0.4 is 9.47 Å². The maximum atomic E-state index is 10.2. The summed E-state index contributed by atoms with van der Waals surface area (Å²) in [5.41, 5.74) is 1.77. The van der Waals surface area contributed by atoms with Crippen LogP contribution in [0.25, 0.3) is 6.08 Å². The van der Waals surface area contributed by atoms with E-state index in [2.05, 4.69) is 0 Å². The molecule has 1 aliphatic heterocycles. The Bertz CT molecular complexity index is 614. The van der Waals surface area contributed by atoms with Crippen LogP contribution in [0.4, 0.5) is 0 Å². The van der Waals surface area contributed by atoms with E-state index in [-0.39, 0.29) is 0 Å². The summed E-state index contributed by atoms with van der Waals surface area (Å²) in [5.74, 6) is 2.07. The zero-order valence-corrected chi connectivity index (χ0v) is 10.5. The summed E-state index contributed by atoms with van der Waals surface area (Å²) in [4.78, 5) is 0. The van der Waals surface area contributed by atoms with Gasteiger partial charge in [0.15, 0.2) is 0 Å². The number of ether oxygens (including phenoxy) is 2. The van der Waals surface area contributed by atoms with Crippen LogP contribution in [0.2, 0.25) is 0 Å². The van der Waals surface area contributed by atoms with Crippen LogP contribution in [-0.4, -0.2) is 12.2 Å². The molecular formula is C16H14O3. The molecule has 1 unspecified atom stereocenters. The molecule has 3 heteroatoms. The summed E-state index contributed by atoms with van der Waals surface area (Å²) in [5, 5.41) is 10.2. The Kier molecular flexibility index (Phi) is 2.97. The fourth-order valence-corrected chi connectivity index (χ4v) is 2.11. The van der Waals surface area contributed by atoms with E-state index in [0.29, 0.717) is 5.76 Å². The van der Waals surface area contributed by atoms with Crippen LogP contribution in [-0.2, 0) is 0 Å². The summed E-state index contributed by atoms with van der Waals surface area (Å²) in [6, 6.07) is 15.1. The molecule has 0 radical (unpaired) electrons. The highest BCUT2D eigenvalue weighted by Crippen LogP contribution is 2.39. The van der Waals surface area contributed by atoms with E-state index < -0.39 is 6.10 Å². The molecule has 96 valence electrons. The first-order chi connectivity index (χ1) is 9.28. The molecule has 1 heterocycles. The lowest BCUT2D eigenvalue weighted by Crippen LogP contribution is -1.96. The second-order valence-electron chi connectivity index (χ2n) is 4.36. The number of hydrogen-bond donors (Lipinski definition) is 1. The number of benzene rings is 2. The minimum atomic E-state index is -0.696. The van der Waals surface area contributed by atoms with Gasteiger partial charge in [-0.1, -0.05) is 30.3 Å². The van der Waals surface area contributed by atoms with Crippen LogP contribution >= 0.6 is 0 Å². The Labute approximate surface area is 111 Å². The summed E-state index contributed by atoms with van der Waals surface area (Å²) < 4.78 is 10.8. The Balaban J connectivity index is 1.89. The van der Waals surface area contributed by atoms with Crippen molar-refractivity contribution < 1.29 is 14.6 Å². The summed E-state index contributed by atoms with van der Waals surface area (Å²) in [6.07, 6.45) is 1.14. The third-order valence-corrected chi connectivity index (χ3v) is 3.14. The molecule has 0 aliphatic carbocycles. The van der Waals surface area contributed by atoms with Gasteiger partial charge < -0.3 is 14.6 Å². The van der Waals surface area contributed by atoms with Crippen molar-refractivity contribution in [2.24, 2.45) is 0 Å². The van der Waals surface area contributed by atoms with Crippen LogP contribution in [0.5, 0.6) is 11.5 Å². The fraction of sp³-hybridized carbons (Fsp3) is 0.125. The smallest absolute Gasteiger partial charge is 0.140 e. The Hall–Kier alpha value is -2.26. The number of rotatable bonds is 2. The normalized spacial score (nSPS) is 19.1. The van der Waals surface area contributed by atoms with Crippen molar-refractivity contribution in [3.05, 3.63) is 65.4 Å². The number of methoxy groups -OCH3 is 1. The number of hydrogen-bond acceptors (Lipinski definition) is 3. The zero-order valence-electron chi connectivity index (χ0n) is 10.5. The van der Waals surface area contributed by atoms with Gasteiger partial charge in [0.25, 0.3) is 0 Å². The standard InChI is InChI=1S/C16H14O3/c1-18-12-8-6-11(7-9-12)10-15-16(17)13-4-2-3-5-14(13)19-15/h2-10,16-17H,1H3/b15-10+. The first kappa shape index (κ1) is 11.8. The molecule has 0 saturated heterocycles. The van der Waals surface area contributed by atoms with E-state index >= 15 is 0 Å². The van der Waals surface area contributed by atoms with Crippen molar-refractivity contribution in [1.29, 1.82) is 0 Å². The lowest BCUT2D eigenvalue weighted by atomic mass is 10.1. The maximum absolute atomic E-state index is 10.2. The molecule has 0 aromatic heterocycles. The van der Waals surface area contributed by atoms with Crippen LogP contribution in [0, 0.1) is 0 Å². The van der Waals surface area contributed by atoms with Crippen molar-refractivity contribution in [1.82, 2.24) is 0 Å². The predicted octanol–water partition coefficient (Wildman–Crippen LogP) is 3.16. The van der Waals surface area contributed by atoms with E-state index in [1.54, 1.807) is 7.11 Å². The van der Waals surface area contributed by atoms with Gasteiger partial charge in [-0.15, -0.1) is 0 Å². The molecule has 1 N–H and O–H groups in total. The molecule has 0 saturated carbocycles. The number of aliphatic hydroxyl groups is 1. The molecule has 1 atom stereocenters. The van der Waals surface area contributed by atoms with Crippen LogP contribution in [0.15, 0.2) is 54.3 Å². The largest absolute Gasteiger partial charge is 0.497 e. The number of para-hydroxylation sites is 1. The van der Waals surface area contributed by atoms with E-state index in [1.165, 1.54) is 0 Å². The van der Waals surface area contributed by atoms with Crippen LogP contribution in [0.1, 0.15) is 17.2 Å². The number of aliphatic hydroxyl groups excluding tert-OH is 1. The average Bonchev–Trinajstić information content (AvgIpc) is 2.77. The quantitative estimate of drug-likeness (QED) is 0.894. The fourth-order valence-electron chi connectivity index (χ4n) is 2.11. The van der Waals surface area contributed by atoms with E-state index in [9.17, 15) is 5.11 Å². The van der Waals surface area contributed by atoms with Crippen molar-refractivity contribution in [3.63, 3.8) is 0 Å². The van der Waals surface area contributed by atoms with E-state index in [4.69, 9.17) is 9.47 Å². The summed E-state index contributed by atoms with van der Waals surface area (Å²) >= 11 is 0. The molecule has 0 bridgehead atoms. The molecule has 3 nitrogen and oxygen atoms in total. The molecule has 2 aromatic carbocycles. The monoisotopic (exact) mass is 254 g/mol. The molecule has 0 spiro atoms. The highest BCUT2D eigenvalue weighted by molar-refractivity contribution is 5.58. The third-order valence-electron chi connectivity index (χ3n) is 3.14. The molecule has 3 rings (SSSR count). The van der Waals surface area contributed by atoms with Gasteiger partial charge in [0, 0.05) is 5.56 Å². The second kappa shape index (κ2) is 4.78. The van der Waals surface area contributed by atoms with Gasteiger partial charge in [0.1, 0.15) is 23.4 Å². The SMILES string of the molecule is COc1ccc(/C=C2/Oc3ccccc3C2O)cc1. The lowest BCUT2D eigenvalue weighted by Gasteiger charge is -2.04. The minimum absolute atomic E-state index is 0.548. The van der Waals surface area contributed by atoms with Crippen molar-refractivity contribution in [2.45, 2.75) is 6.10 Å². The summed E-state index contributed by atoms with van der Waals surface area (Å²) in [6.45, 7) is 0. The zero-order chi connectivity index (χ0) is 13.2. The number of fused-ring (bicyclic) bond motifs is 1.